The predicted octanol–water partition coefficient (Wildman–Crippen LogP) is 8.91. The Morgan fingerprint density at radius 1 is 0.446 bits per heavy atom. The van der Waals surface area contributed by atoms with Crippen molar-refractivity contribution in [1.82, 2.24) is 0 Å². The van der Waals surface area contributed by atoms with Crippen LogP contribution in [0.1, 0.15) is 41.7 Å². The Balaban J connectivity index is 1.15. The maximum atomic E-state index is 7.16. The molecule has 2 heterocycles. The summed E-state index contributed by atoms with van der Waals surface area (Å²) in [5.74, 6) is -0.170. The van der Waals surface area contributed by atoms with Crippen LogP contribution in [-0.4, -0.2) is 56.3 Å². The van der Waals surface area contributed by atoms with Crippen LogP contribution in [-0.2, 0) is 70.9 Å². The molecule has 56 heavy (non-hydrogen) atoms. The maximum absolute atomic E-state index is 7.16. The number of benzene rings is 5. The second-order valence-corrected chi connectivity index (χ2v) is 14.8. The molecule has 2 fully saturated rings. The van der Waals surface area contributed by atoms with Crippen LogP contribution in [0.3, 0.4) is 0 Å². The van der Waals surface area contributed by atoms with Crippen molar-refractivity contribution < 1.29 is 37.9 Å². The van der Waals surface area contributed by atoms with Crippen LogP contribution in [0.25, 0.3) is 0 Å². The molecule has 0 bridgehead atoms. The third kappa shape index (κ3) is 11.2. The average Bonchev–Trinajstić information content (AvgIpc) is 3.25. The Kier molecular flexibility index (Phi) is 14.9. The number of rotatable bonds is 18. The molecule has 3 unspecified atom stereocenters. The first-order valence-corrected chi connectivity index (χ1v) is 19.8. The van der Waals surface area contributed by atoms with E-state index in [2.05, 4.69) is 62.4 Å². The molecule has 0 amide bonds. The second kappa shape index (κ2) is 20.8. The molecule has 0 aromatic heterocycles. The normalized spacial score (nSPS) is 26.5. The van der Waals surface area contributed by atoms with E-state index < -0.39 is 37.0 Å². The zero-order valence-electron chi connectivity index (χ0n) is 32.3. The molecule has 0 aliphatic carbocycles. The van der Waals surface area contributed by atoms with Gasteiger partial charge in [0.25, 0.3) is 0 Å². The van der Waals surface area contributed by atoms with Gasteiger partial charge < -0.3 is 37.9 Å². The predicted molar refractivity (Wildman–Crippen MR) is 214 cm³/mol. The highest BCUT2D eigenvalue weighted by atomic mass is 16.7. The lowest BCUT2D eigenvalue weighted by molar-refractivity contribution is -0.352. The highest BCUT2D eigenvalue weighted by Crippen LogP contribution is 2.36. The smallest absolute Gasteiger partial charge is 0.186 e. The zero-order valence-corrected chi connectivity index (χ0v) is 32.3. The van der Waals surface area contributed by atoms with Crippen LogP contribution >= 0.6 is 0 Å². The van der Waals surface area contributed by atoms with Crippen LogP contribution in [0, 0.1) is 11.8 Å². The Hall–Kier alpha value is -4.22. The number of hydrogen-bond donors (Lipinski definition) is 0. The standard InChI is InChI=1S/C48H54O8/c1-35-28-53-47(54-33-41-26-16-7-17-27-41)46(52-32-40-24-14-6-15-25-40)43(35)56-48-45(51-31-39-22-12-5-13-23-39)36(2)44(50-30-38-20-10-4-11-21-38)42(55-48)34-49-29-37-18-8-3-9-19-37/h3-27,35-36,42-48H,28-34H2,1-2H3/t35-,36+,42?,43+,44-,45?,46?,47+,48+/m1/s1. The summed E-state index contributed by atoms with van der Waals surface area (Å²) in [7, 11) is 0. The van der Waals surface area contributed by atoms with Crippen molar-refractivity contribution in [2.24, 2.45) is 11.8 Å². The molecule has 0 N–H and O–H groups in total. The monoisotopic (exact) mass is 758 g/mol. The van der Waals surface area contributed by atoms with Crippen LogP contribution in [0.5, 0.6) is 0 Å². The summed E-state index contributed by atoms with van der Waals surface area (Å²) < 4.78 is 53.6. The Bertz CT molecular complexity index is 1810. The lowest BCUT2D eigenvalue weighted by atomic mass is 9.89. The third-order valence-corrected chi connectivity index (χ3v) is 10.5. The van der Waals surface area contributed by atoms with Crippen LogP contribution < -0.4 is 0 Å². The van der Waals surface area contributed by atoms with Crippen molar-refractivity contribution in [2.45, 2.75) is 90.0 Å². The molecule has 5 aromatic carbocycles. The minimum Gasteiger partial charge on any atom is -0.374 e. The van der Waals surface area contributed by atoms with Gasteiger partial charge in [-0.3, -0.25) is 0 Å². The Morgan fingerprint density at radius 2 is 0.857 bits per heavy atom. The first-order chi connectivity index (χ1) is 27.6. The number of hydrogen-bond acceptors (Lipinski definition) is 8. The fourth-order valence-corrected chi connectivity index (χ4v) is 7.35. The fraction of sp³-hybridized carbons (Fsp3) is 0.375. The highest BCUT2D eigenvalue weighted by Gasteiger charge is 2.50. The molecule has 294 valence electrons. The van der Waals surface area contributed by atoms with Crippen LogP contribution in [0.4, 0.5) is 0 Å². The average molecular weight is 759 g/mol. The maximum Gasteiger partial charge on any atom is 0.186 e. The van der Waals surface area contributed by atoms with Gasteiger partial charge in [0.2, 0.25) is 0 Å². The van der Waals surface area contributed by atoms with E-state index in [1.165, 1.54) is 0 Å². The van der Waals surface area contributed by atoms with Gasteiger partial charge in [0.15, 0.2) is 12.6 Å². The van der Waals surface area contributed by atoms with E-state index in [1.807, 2.05) is 103 Å². The van der Waals surface area contributed by atoms with Crippen LogP contribution in [0.2, 0.25) is 0 Å². The summed E-state index contributed by atoms with van der Waals surface area (Å²) in [4.78, 5) is 0. The van der Waals surface area contributed by atoms with Gasteiger partial charge in [-0.05, 0) is 27.8 Å². The fourth-order valence-electron chi connectivity index (χ4n) is 7.35. The molecule has 8 heteroatoms. The van der Waals surface area contributed by atoms with Gasteiger partial charge in [0, 0.05) is 11.8 Å². The van der Waals surface area contributed by atoms with Crippen molar-refractivity contribution in [1.29, 1.82) is 0 Å². The molecule has 7 rings (SSSR count). The van der Waals surface area contributed by atoms with Gasteiger partial charge in [-0.25, -0.2) is 0 Å². The molecule has 5 aromatic rings. The topological polar surface area (TPSA) is 73.8 Å². The lowest BCUT2D eigenvalue weighted by Crippen LogP contribution is -2.60. The molecule has 2 aliphatic rings. The molecule has 9 atom stereocenters. The first kappa shape index (κ1) is 40.0. The largest absolute Gasteiger partial charge is 0.374 e. The van der Waals surface area contributed by atoms with Gasteiger partial charge in [-0.15, -0.1) is 0 Å². The second-order valence-electron chi connectivity index (χ2n) is 14.8. The molecule has 2 aliphatic heterocycles. The molecule has 0 spiro atoms. The molecule has 8 nitrogen and oxygen atoms in total. The van der Waals surface area contributed by atoms with E-state index in [0.29, 0.717) is 46.2 Å². The van der Waals surface area contributed by atoms with Crippen molar-refractivity contribution in [3.63, 3.8) is 0 Å². The Morgan fingerprint density at radius 3 is 1.34 bits per heavy atom. The summed E-state index contributed by atoms with van der Waals surface area (Å²) in [5, 5.41) is 0. The SMILES string of the molecule is C[C@@H]1CO[C@@H](OCc2ccccc2)C(OCc2ccccc2)[C@H]1O[C@@H]1OC(COCc2ccccc2)[C@H](OCc2ccccc2)[C@H](C)C1OCc1ccccc1. The van der Waals surface area contributed by atoms with E-state index in [0.717, 1.165) is 27.8 Å². The van der Waals surface area contributed by atoms with Crippen molar-refractivity contribution >= 4 is 0 Å². The summed E-state index contributed by atoms with van der Waals surface area (Å²) in [6.07, 6.45) is -3.70. The summed E-state index contributed by atoms with van der Waals surface area (Å²) in [5.41, 5.74) is 5.33. The third-order valence-electron chi connectivity index (χ3n) is 10.5. The van der Waals surface area contributed by atoms with Gasteiger partial charge in [-0.2, -0.15) is 0 Å². The molecular weight excluding hydrogens is 705 g/mol. The highest BCUT2D eigenvalue weighted by molar-refractivity contribution is 5.17. The van der Waals surface area contributed by atoms with Gasteiger partial charge in [0.05, 0.1) is 58.5 Å². The van der Waals surface area contributed by atoms with E-state index in [1.54, 1.807) is 0 Å². The first-order valence-electron chi connectivity index (χ1n) is 19.8. The van der Waals surface area contributed by atoms with Gasteiger partial charge in [-0.1, -0.05) is 166 Å². The van der Waals surface area contributed by atoms with Gasteiger partial charge >= 0.3 is 0 Å². The van der Waals surface area contributed by atoms with Crippen molar-refractivity contribution in [2.75, 3.05) is 13.2 Å². The van der Waals surface area contributed by atoms with E-state index in [9.17, 15) is 0 Å². The molecule has 2 saturated heterocycles. The van der Waals surface area contributed by atoms with E-state index in [4.69, 9.17) is 37.9 Å². The molecule has 0 radical (unpaired) electrons. The Labute approximate surface area is 331 Å². The molecule has 0 saturated carbocycles. The van der Waals surface area contributed by atoms with Crippen molar-refractivity contribution in [3.8, 4) is 0 Å². The van der Waals surface area contributed by atoms with E-state index in [-0.39, 0.29) is 17.9 Å². The summed E-state index contributed by atoms with van der Waals surface area (Å²) >= 11 is 0. The van der Waals surface area contributed by atoms with Gasteiger partial charge in [0.1, 0.15) is 18.3 Å². The lowest BCUT2D eigenvalue weighted by Gasteiger charge is -2.48. The van der Waals surface area contributed by atoms with E-state index >= 15 is 0 Å². The molecular formula is C48H54O8. The minimum atomic E-state index is -0.765. The quantitative estimate of drug-likeness (QED) is 0.0878. The minimum absolute atomic E-state index is 0.0409. The van der Waals surface area contributed by atoms with Crippen molar-refractivity contribution in [3.05, 3.63) is 179 Å². The zero-order chi connectivity index (χ0) is 38.4. The summed E-state index contributed by atoms with van der Waals surface area (Å²) in [6, 6.07) is 50.8. The summed E-state index contributed by atoms with van der Waals surface area (Å²) in [6.45, 7) is 7.03. The number of ether oxygens (including phenoxy) is 8. The van der Waals surface area contributed by atoms with Crippen LogP contribution in [0.15, 0.2) is 152 Å².